The van der Waals surface area contributed by atoms with Gasteiger partial charge >= 0.3 is 6.03 Å². The van der Waals surface area contributed by atoms with Gasteiger partial charge in [-0.2, -0.15) is 11.3 Å². The average Bonchev–Trinajstić information content (AvgIpc) is 3.21. The smallest absolute Gasteiger partial charge is 0.317 e. The van der Waals surface area contributed by atoms with Gasteiger partial charge in [0.15, 0.2) is 0 Å². The van der Waals surface area contributed by atoms with Gasteiger partial charge in [-0.3, -0.25) is 4.90 Å². The summed E-state index contributed by atoms with van der Waals surface area (Å²) in [6, 6.07) is 2.32. The Bertz CT molecular complexity index is 466. The fourth-order valence-corrected chi connectivity index (χ4v) is 3.79. The van der Waals surface area contributed by atoms with Crippen molar-refractivity contribution in [3.8, 4) is 0 Å². The molecule has 2 fully saturated rings. The summed E-state index contributed by atoms with van der Waals surface area (Å²) in [6.07, 6.45) is 2.34. The van der Waals surface area contributed by atoms with Crippen LogP contribution in [0.5, 0.6) is 0 Å². The van der Waals surface area contributed by atoms with Crippen LogP contribution in [0.25, 0.3) is 0 Å². The molecule has 0 aliphatic carbocycles. The highest BCUT2D eigenvalue weighted by molar-refractivity contribution is 7.07. The van der Waals surface area contributed by atoms with Crippen LogP contribution in [0.4, 0.5) is 4.79 Å². The van der Waals surface area contributed by atoms with Gasteiger partial charge in [-0.15, -0.1) is 0 Å². The number of ether oxygens (including phenoxy) is 1. The molecule has 5 nitrogen and oxygen atoms in total. The molecule has 0 saturated carbocycles. The van der Waals surface area contributed by atoms with E-state index in [1.165, 1.54) is 5.56 Å². The number of amides is 2. The van der Waals surface area contributed by atoms with E-state index in [0.29, 0.717) is 0 Å². The van der Waals surface area contributed by atoms with Gasteiger partial charge in [0.25, 0.3) is 0 Å². The largest absolute Gasteiger partial charge is 0.376 e. The third-order valence-corrected chi connectivity index (χ3v) is 5.25. The summed E-state index contributed by atoms with van der Waals surface area (Å²) in [7, 11) is 0. The average molecular weight is 323 g/mol. The maximum atomic E-state index is 12.3. The Labute approximate surface area is 136 Å². The lowest BCUT2D eigenvalue weighted by molar-refractivity contribution is 0.0800. The molecule has 3 heterocycles. The predicted octanol–water partition coefficient (Wildman–Crippen LogP) is 2.14. The molecule has 3 rings (SSSR count). The van der Waals surface area contributed by atoms with E-state index in [9.17, 15) is 4.79 Å². The van der Waals surface area contributed by atoms with Crippen molar-refractivity contribution in [2.75, 3.05) is 32.8 Å². The van der Waals surface area contributed by atoms with Gasteiger partial charge in [-0.05, 0) is 42.2 Å². The standard InChI is InChI=1S/C16H25N3O2S/c1-13(15-3-2-9-21-15)17-16(20)19-7-5-18(6-8-19)11-14-4-10-22-12-14/h4,10,12-13,15H,2-3,5-9,11H2,1H3,(H,17,20)/t13-,15+/m1/s1. The maximum absolute atomic E-state index is 12.3. The molecule has 1 N–H and O–H groups in total. The number of carbonyl (C=O) groups is 1. The third kappa shape index (κ3) is 4.00. The number of nitrogens with zero attached hydrogens (tertiary/aromatic N) is 2. The lowest BCUT2D eigenvalue weighted by Gasteiger charge is -2.35. The number of rotatable bonds is 4. The molecule has 2 aliphatic rings. The third-order valence-electron chi connectivity index (χ3n) is 4.52. The SMILES string of the molecule is C[C@@H](NC(=O)N1CCN(Cc2ccsc2)CC1)[C@@H]1CCCO1. The topological polar surface area (TPSA) is 44.8 Å². The van der Waals surface area contributed by atoms with Crippen LogP contribution < -0.4 is 5.32 Å². The lowest BCUT2D eigenvalue weighted by atomic mass is 10.1. The highest BCUT2D eigenvalue weighted by atomic mass is 32.1. The molecule has 0 unspecified atom stereocenters. The van der Waals surface area contributed by atoms with Crippen LogP contribution in [0.15, 0.2) is 16.8 Å². The first-order chi connectivity index (χ1) is 10.7. The van der Waals surface area contributed by atoms with Crippen molar-refractivity contribution in [2.24, 2.45) is 0 Å². The Morgan fingerprint density at radius 1 is 1.45 bits per heavy atom. The van der Waals surface area contributed by atoms with Crippen LogP contribution in [0.1, 0.15) is 25.3 Å². The highest BCUT2D eigenvalue weighted by Gasteiger charge is 2.27. The zero-order chi connectivity index (χ0) is 15.4. The Morgan fingerprint density at radius 3 is 2.91 bits per heavy atom. The van der Waals surface area contributed by atoms with E-state index in [4.69, 9.17) is 4.74 Å². The zero-order valence-corrected chi connectivity index (χ0v) is 14.0. The molecule has 22 heavy (non-hydrogen) atoms. The summed E-state index contributed by atoms with van der Waals surface area (Å²) >= 11 is 1.74. The summed E-state index contributed by atoms with van der Waals surface area (Å²) in [5.41, 5.74) is 1.37. The second kappa shape index (κ2) is 7.44. The van der Waals surface area contributed by atoms with Gasteiger partial charge in [0.05, 0.1) is 12.1 Å². The summed E-state index contributed by atoms with van der Waals surface area (Å²) in [5.74, 6) is 0. The monoisotopic (exact) mass is 323 g/mol. The van der Waals surface area contributed by atoms with Gasteiger partial charge in [-0.1, -0.05) is 0 Å². The van der Waals surface area contributed by atoms with Crippen LogP contribution in [-0.4, -0.2) is 60.8 Å². The molecule has 1 aromatic rings. The molecule has 0 spiro atoms. The van der Waals surface area contributed by atoms with E-state index in [1.54, 1.807) is 11.3 Å². The number of thiophene rings is 1. The molecule has 0 radical (unpaired) electrons. The van der Waals surface area contributed by atoms with Gasteiger partial charge in [0.1, 0.15) is 0 Å². The second-order valence-electron chi connectivity index (χ2n) is 6.18. The summed E-state index contributed by atoms with van der Waals surface area (Å²) in [6.45, 7) is 7.34. The second-order valence-corrected chi connectivity index (χ2v) is 6.96. The van der Waals surface area contributed by atoms with Gasteiger partial charge in [0, 0.05) is 39.3 Å². The molecule has 0 bridgehead atoms. The molecule has 2 amide bonds. The van der Waals surface area contributed by atoms with Crippen LogP contribution in [0, 0.1) is 0 Å². The first-order valence-electron chi connectivity index (χ1n) is 8.13. The fourth-order valence-electron chi connectivity index (χ4n) is 3.13. The number of urea groups is 1. The Hall–Kier alpha value is -1.11. The molecule has 2 saturated heterocycles. The van der Waals surface area contributed by atoms with Gasteiger partial charge < -0.3 is 15.0 Å². The van der Waals surface area contributed by atoms with Crippen molar-refractivity contribution in [3.05, 3.63) is 22.4 Å². The van der Waals surface area contributed by atoms with E-state index in [1.807, 2.05) is 11.8 Å². The molecule has 0 aromatic carbocycles. The number of nitrogens with one attached hydrogen (secondary N) is 1. The van der Waals surface area contributed by atoms with E-state index in [0.717, 1.165) is 52.2 Å². The van der Waals surface area contributed by atoms with Gasteiger partial charge in [0.2, 0.25) is 0 Å². The highest BCUT2D eigenvalue weighted by Crippen LogP contribution is 2.16. The Morgan fingerprint density at radius 2 is 2.27 bits per heavy atom. The van der Waals surface area contributed by atoms with Crippen molar-refractivity contribution in [1.29, 1.82) is 0 Å². The van der Waals surface area contributed by atoms with E-state index < -0.39 is 0 Å². The van der Waals surface area contributed by atoms with Crippen LogP contribution >= 0.6 is 11.3 Å². The first kappa shape index (κ1) is 15.8. The first-order valence-corrected chi connectivity index (χ1v) is 9.07. The summed E-state index contributed by atoms with van der Waals surface area (Å²) < 4.78 is 5.64. The molecular weight excluding hydrogens is 298 g/mol. The number of hydrogen-bond acceptors (Lipinski definition) is 4. The summed E-state index contributed by atoms with van der Waals surface area (Å²) in [5, 5.41) is 7.41. The van der Waals surface area contributed by atoms with Crippen molar-refractivity contribution >= 4 is 17.4 Å². The van der Waals surface area contributed by atoms with Crippen LogP contribution in [0.3, 0.4) is 0 Å². The number of carbonyl (C=O) groups excluding carboxylic acids is 1. The summed E-state index contributed by atoms with van der Waals surface area (Å²) in [4.78, 5) is 16.7. The minimum Gasteiger partial charge on any atom is -0.376 e. The van der Waals surface area contributed by atoms with Crippen molar-refractivity contribution < 1.29 is 9.53 Å². The van der Waals surface area contributed by atoms with E-state index in [2.05, 4.69) is 27.0 Å². The van der Waals surface area contributed by atoms with Crippen LogP contribution in [-0.2, 0) is 11.3 Å². The quantitative estimate of drug-likeness (QED) is 0.923. The van der Waals surface area contributed by atoms with Crippen molar-refractivity contribution in [2.45, 2.75) is 38.5 Å². The predicted molar refractivity (Wildman–Crippen MR) is 88.1 cm³/mol. The molecule has 1 aromatic heterocycles. The normalized spacial score (nSPS) is 24.4. The van der Waals surface area contributed by atoms with E-state index >= 15 is 0 Å². The minimum atomic E-state index is 0.0539. The van der Waals surface area contributed by atoms with Crippen LogP contribution in [0.2, 0.25) is 0 Å². The Balaban J connectivity index is 1.41. The molecule has 2 aliphatic heterocycles. The molecule has 2 atom stereocenters. The van der Waals surface area contributed by atoms with Crippen molar-refractivity contribution in [3.63, 3.8) is 0 Å². The molecular formula is C16H25N3O2S. The Kier molecular flexibility index (Phi) is 5.33. The number of hydrogen-bond donors (Lipinski definition) is 1. The lowest BCUT2D eigenvalue weighted by Crippen LogP contribution is -2.54. The number of piperazine rings is 1. The maximum Gasteiger partial charge on any atom is 0.317 e. The zero-order valence-electron chi connectivity index (χ0n) is 13.2. The molecule has 6 heteroatoms. The van der Waals surface area contributed by atoms with E-state index in [-0.39, 0.29) is 18.2 Å². The minimum absolute atomic E-state index is 0.0539. The fraction of sp³-hybridized carbons (Fsp3) is 0.688. The van der Waals surface area contributed by atoms with Crippen molar-refractivity contribution in [1.82, 2.24) is 15.1 Å². The van der Waals surface area contributed by atoms with Gasteiger partial charge in [-0.25, -0.2) is 4.79 Å². The molecule has 122 valence electrons.